The van der Waals surface area contributed by atoms with Crippen molar-refractivity contribution >= 4 is 21.9 Å². The number of hydrogen-bond acceptors (Lipinski definition) is 5. The van der Waals surface area contributed by atoms with Gasteiger partial charge in [-0.05, 0) is 30.2 Å². The molecule has 24 heavy (non-hydrogen) atoms. The lowest BCUT2D eigenvalue weighted by Gasteiger charge is -2.22. The van der Waals surface area contributed by atoms with Gasteiger partial charge in [0.1, 0.15) is 11.9 Å². The monoisotopic (exact) mass is 360 g/mol. The number of carbonyl (C=O) groups excluding carboxylic acids is 2. The topological polar surface area (TPSA) is 92.8 Å². The molecule has 0 saturated carbocycles. The first-order valence-electron chi connectivity index (χ1n) is 7.18. The number of rotatable bonds is 7. The number of methoxy groups -OCH3 is 1. The van der Waals surface area contributed by atoms with E-state index in [2.05, 4.69) is 10.1 Å². The molecule has 134 valence electrons. The van der Waals surface area contributed by atoms with Crippen molar-refractivity contribution in [2.75, 3.05) is 20.7 Å². The predicted octanol–water partition coefficient (Wildman–Crippen LogP) is 0.760. The Kier molecular flexibility index (Phi) is 6.85. The van der Waals surface area contributed by atoms with E-state index in [1.807, 2.05) is 0 Å². The summed E-state index contributed by atoms with van der Waals surface area (Å²) in [5.74, 6) is -2.04. The second-order valence-corrected chi connectivity index (χ2v) is 7.57. The Hall–Kier alpha value is -2.00. The molecule has 0 bridgehead atoms. The van der Waals surface area contributed by atoms with E-state index in [1.54, 1.807) is 13.8 Å². The van der Waals surface area contributed by atoms with Gasteiger partial charge < -0.3 is 10.1 Å². The molecule has 0 saturated heterocycles. The van der Waals surface area contributed by atoms with Gasteiger partial charge in [-0.1, -0.05) is 13.8 Å². The van der Waals surface area contributed by atoms with Crippen LogP contribution in [0.25, 0.3) is 0 Å². The highest BCUT2D eigenvalue weighted by Gasteiger charge is 2.28. The average molecular weight is 360 g/mol. The van der Waals surface area contributed by atoms with Crippen LogP contribution in [0.1, 0.15) is 13.8 Å². The molecule has 0 fully saturated rings. The highest BCUT2D eigenvalue weighted by molar-refractivity contribution is 7.89. The summed E-state index contributed by atoms with van der Waals surface area (Å²) in [5.41, 5.74) is 0. The van der Waals surface area contributed by atoms with Crippen molar-refractivity contribution in [2.45, 2.75) is 24.8 Å². The molecular formula is C15H21FN2O5S. The molecule has 0 spiro atoms. The Bertz CT molecular complexity index is 688. The lowest BCUT2D eigenvalue weighted by atomic mass is 10.0. The van der Waals surface area contributed by atoms with E-state index < -0.39 is 40.3 Å². The zero-order valence-corrected chi connectivity index (χ0v) is 14.8. The van der Waals surface area contributed by atoms with E-state index in [-0.39, 0.29) is 10.8 Å². The fraction of sp³-hybridized carbons (Fsp3) is 0.467. The smallest absolute Gasteiger partial charge is 0.328 e. The van der Waals surface area contributed by atoms with Crippen molar-refractivity contribution in [3.05, 3.63) is 30.1 Å². The minimum atomic E-state index is -3.94. The maximum atomic E-state index is 12.9. The van der Waals surface area contributed by atoms with E-state index >= 15 is 0 Å². The van der Waals surface area contributed by atoms with E-state index in [0.717, 1.165) is 28.6 Å². The Balaban J connectivity index is 2.82. The van der Waals surface area contributed by atoms with Crippen molar-refractivity contribution in [3.63, 3.8) is 0 Å². The van der Waals surface area contributed by atoms with Gasteiger partial charge in [0.2, 0.25) is 15.9 Å². The lowest BCUT2D eigenvalue weighted by Crippen LogP contribution is -2.48. The number of benzene rings is 1. The summed E-state index contributed by atoms with van der Waals surface area (Å²) in [6.45, 7) is 2.96. The molecule has 1 atom stereocenters. The number of amides is 1. The average Bonchev–Trinajstić information content (AvgIpc) is 2.51. The second kappa shape index (κ2) is 8.20. The number of nitrogens with zero attached hydrogens (tertiary/aromatic N) is 1. The molecule has 1 rings (SSSR count). The van der Waals surface area contributed by atoms with Gasteiger partial charge in [-0.15, -0.1) is 0 Å². The van der Waals surface area contributed by atoms with Crippen molar-refractivity contribution in [1.29, 1.82) is 0 Å². The highest BCUT2D eigenvalue weighted by atomic mass is 32.2. The first-order valence-corrected chi connectivity index (χ1v) is 8.62. The Labute approximate surface area is 140 Å². The third kappa shape index (κ3) is 5.00. The van der Waals surface area contributed by atoms with Crippen LogP contribution in [-0.2, 0) is 24.3 Å². The number of halogens is 1. The zero-order chi connectivity index (χ0) is 18.5. The van der Waals surface area contributed by atoms with Gasteiger partial charge in [0.25, 0.3) is 0 Å². The quantitative estimate of drug-likeness (QED) is 0.725. The van der Waals surface area contributed by atoms with Crippen LogP contribution in [0.4, 0.5) is 4.39 Å². The summed E-state index contributed by atoms with van der Waals surface area (Å²) in [7, 11) is -1.52. The third-order valence-corrected chi connectivity index (χ3v) is 5.14. The Morgan fingerprint density at radius 2 is 1.79 bits per heavy atom. The lowest BCUT2D eigenvalue weighted by molar-refractivity contribution is -0.146. The fourth-order valence-electron chi connectivity index (χ4n) is 1.92. The normalized spacial score (nSPS) is 13.0. The fourth-order valence-corrected chi connectivity index (χ4v) is 3.04. The molecule has 1 amide bonds. The molecule has 1 aromatic carbocycles. The SMILES string of the molecule is COC(=O)[C@@H](NC(=O)CN(C)S(=O)(=O)c1ccc(F)cc1)C(C)C. The van der Waals surface area contributed by atoms with Gasteiger partial charge in [0.05, 0.1) is 18.6 Å². The van der Waals surface area contributed by atoms with Crippen LogP contribution in [0.2, 0.25) is 0 Å². The summed E-state index contributed by atoms with van der Waals surface area (Å²) in [4.78, 5) is 23.5. The molecule has 1 aromatic rings. The van der Waals surface area contributed by atoms with Crippen molar-refractivity contribution in [3.8, 4) is 0 Å². The molecule has 0 radical (unpaired) electrons. The molecule has 1 N–H and O–H groups in total. The third-order valence-electron chi connectivity index (χ3n) is 3.33. The number of ether oxygens (including phenoxy) is 1. The van der Waals surface area contributed by atoms with Gasteiger partial charge in [0, 0.05) is 7.05 Å². The number of sulfonamides is 1. The van der Waals surface area contributed by atoms with Crippen molar-refractivity contribution < 1.29 is 27.1 Å². The second-order valence-electron chi connectivity index (χ2n) is 5.53. The number of hydrogen-bond donors (Lipinski definition) is 1. The molecule has 0 aliphatic carbocycles. The van der Waals surface area contributed by atoms with E-state index in [0.29, 0.717) is 0 Å². The largest absolute Gasteiger partial charge is 0.467 e. The highest BCUT2D eigenvalue weighted by Crippen LogP contribution is 2.14. The molecule has 9 heteroatoms. The molecule has 0 heterocycles. The molecule has 0 aliphatic heterocycles. The van der Waals surface area contributed by atoms with Crippen LogP contribution in [0.15, 0.2) is 29.2 Å². The summed E-state index contributed by atoms with van der Waals surface area (Å²) < 4.78 is 43.0. The van der Waals surface area contributed by atoms with E-state index in [4.69, 9.17) is 0 Å². The minimum Gasteiger partial charge on any atom is -0.467 e. The van der Waals surface area contributed by atoms with Crippen molar-refractivity contribution in [1.82, 2.24) is 9.62 Å². The van der Waals surface area contributed by atoms with Crippen LogP contribution >= 0.6 is 0 Å². The summed E-state index contributed by atoms with van der Waals surface area (Å²) in [6, 6.07) is 3.40. The van der Waals surface area contributed by atoms with Gasteiger partial charge in [0.15, 0.2) is 0 Å². The zero-order valence-electron chi connectivity index (χ0n) is 13.9. The maximum Gasteiger partial charge on any atom is 0.328 e. The van der Waals surface area contributed by atoms with Gasteiger partial charge in [-0.3, -0.25) is 4.79 Å². The molecular weight excluding hydrogens is 339 g/mol. The van der Waals surface area contributed by atoms with Gasteiger partial charge in [-0.25, -0.2) is 17.6 Å². The number of likely N-dealkylation sites (N-methyl/N-ethyl adjacent to an activating group) is 1. The number of carbonyl (C=O) groups is 2. The molecule has 0 unspecified atom stereocenters. The Morgan fingerprint density at radius 1 is 1.25 bits per heavy atom. The van der Waals surface area contributed by atoms with Crippen LogP contribution < -0.4 is 5.32 Å². The predicted molar refractivity (Wildman–Crippen MR) is 85.0 cm³/mol. The Morgan fingerprint density at radius 3 is 2.25 bits per heavy atom. The standard InChI is InChI=1S/C15H21FN2O5S/c1-10(2)14(15(20)23-4)17-13(19)9-18(3)24(21,22)12-7-5-11(16)6-8-12/h5-8,10,14H,9H2,1-4H3,(H,17,19)/t14-/m0/s1. The van der Waals surface area contributed by atoms with Crippen LogP contribution in [0, 0.1) is 11.7 Å². The molecule has 0 aliphatic rings. The van der Waals surface area contributed by atoms with Gasteiger partial charge in [-0.2, -0.15) is 4.31 Å². The minimum absolute atomic E-state index is 0.132. The van der Waals surface area contributed by atoms with Crippen LogP contribution in [-0.4, -0.2) is 51.3 Å². The first-order chi connectivity index (χ1) is 11.1. The molecule has 7 nitrogen and oxygen atoms in total. The van der Waals surface area contributed by atoms with Crippen molar-refractivity contribution in [2.24, 2.45) is 5.92 Å². The summed E-state index contributed by atoms with van der Waals surface area (Å²) >= 11 is 0. The van der Waals surface area contributed by atoms with E-state index in [1.165, 1.54) is 14.2 Å². The number of esters is 1. The summed E-state index contributed by atoms with van der Waals surface area (Å²) in [6.07, 6.45) is 0. The van der Waals surface area contributed by atoms with Crippen LogP contribution in [0.3, 0.4) is 0 Å². The molecule has 0 aromatic heterocycles. The van der Waals surface area contributed by atoms with Crippen LogP contribution in [0.5, 0.6) is 0 Å². The van der Waals surface area contributed by atoms with Gasteiger partial charge >= 0.3 is 5.97 Å². The summed E-state index contributed by atoms with van der Waals surface area (Å²) in [5, 5.41) is 2.45. The maximum absolute atomic E-state index is 12.9. The first kappa shape index (κ1) is 20.0. The number of nitrogens with one attached hydrogen (secondary N) is 1. The van der Waals surface area contributed by atoms with E-state index in [9.17, 15) is 22.4 Å².